The highest BCUT2D eigenvalue weighted by Gasteiger charge is 2.28. The Labute approximate surface area is 99.6 Å². The highest BCUT2D eigenvalue weighted by atomic mass is 19.1. The van der Waals surface area contributed by atoms with E-state index in [-0.39, 0.29) is 24.3 Å². The zero-order valence-corrected chi connectivity index (χ0v) is 9.74. The summed E-state index contributed by atoms with van der Waals surface area (Å²) in [6.45, 7) is 3.15. The third-order valence-electron chi connectivity index (χ3n) is 3.08. The lowest BCUT2D eigenvalue weighted by Crippen LogP contribution is -2.54. The van der Waals surface area contributed by atoms with Crippen LogP contribution in [0.5, 0.6) is 0 Å². The van der Waals surface area contributed by atoms with Crippen LogP contribution in [0.2, 0.25) is 0 Å². The Hall–Kier alpha value is -1.62. The van der Waals surface area contributed by atoms with Gasteiger partial charge in [0.25, 0.3) is 0 Å². The standard InChI is InChI=1S/C12H16FN3O/c1-8-12(17)15-5-6-16(8)11-9(7-14)3-2-4-10(11)13/h2-4,8H,5-7,14H2,1H3,(H,15,17). The smallest absolute Gasteiger partial charge is 0.242 e. The van der Waals surface area contributed by atoms with Crippen LogP contribution in [0.3, 0.4) is 0 Å². The van der Waals surface area contributed by atoms with Crippen LogP contribution in [0.25, 0.3) is 0 Å². The molecule has 0 bridgehead atoms. The number of nitrogens with one attached hydrogen (secondary N) is 1. The first-order valence-corrected chi connectivity index (χ1v) is 5.67. The van der Waals surface area contributed by atoms with Crippen molar-refractivity contribution >= 4 is 11.6 Å². The van der Waals surface area contributed by atoms with Gasteiger partial charge in [0.1, 0.15) is 11.9 Å². The number of hydrogen-bond acceptors (Lipinski definition) is 3. The Kier molecular flexibility index (Phi) is 3.28. The van der Waals surface area contributed by atoms with E-state index in [0.29, 0.717) is 18.8 Å². The summed E-state index contributed by atoms with van der Waals surface area (Å²) < 4.78 is 13.9. The van der Waals surface area contributed by atoms with Crippen LogP contribution < -0.4 is 16.0 Å². The summed E-state index contributed by atoms with van der Waals surface area (Å²) in [5.41, 5.74) is 6.80. The first-order valence-electron chi connectivity index (χ1n) is 5.67. The van der Waals surface area contributed by atoms with E-state index in [2.05, 4.69) is 5.32 Å². The number of carbonyl (C=O) groups excluding carboxylic acids is 1. The molecular formula is C12H16FN3O. The fourth-order valence-corrected chi connectivity index (χ4v) is 2.13. The van der Waals surface area contributed by atoms with Gasteiger partial charge in [0.2, 0.25) is 5.91 Å². The predicted molar refractivity (Wildman–Crippen MR) is 64.1 cm³/mol. The predicted octanol–water partition coefficient (Wildman–Crippen LogP) is 0.609. The summed E-state index contributed by atoms with van der Waals surface area (Å²) >= 11 is 0. The summed E-state index contributed by atoms with van der Waals surface area (Å²) in [5.74, 6) is -0.406. The number of hydrogen-bond donors (Lipinski definition) is 2. The topological polar surface area (TPSA) is 58.4 Å². The molecule has 1 saturated heterocycles. The average Bonchev–Trinajstić information content (AvgIpc) is 2.33. The van der Waals surface area contributed by atoms with Crippen LogP contribution in [0.15, 0.2) is 18.2 Å². The molecule has 1 aliphatic heterocycles. The van der Waals surface area contributed by atoms with Gasteiger partial charge in [-0.25, -0.2) is 4.39 Å². The van der Waals surface area contributed by atoms with Crippen molar-refractivity contribution in [3.05, 3.63) is 29.6 Å². The molecule has 0 aromatic heterocycles. The van der Waals surface area contributed by atoms with Crippen molar-refractivity contribution in [2.24, 2.45) is 5.73 Å². The molecule has 1 amide bonds. The molecule has 0 saturated carbocycles. The fourth-order valence-electron chi connectivity index (χ4n) is 2.13. The second-order valence-corrected chi connectivity index (χ2v) is 4.11. The van der Waals surface area contributed by atoms with Crippen LogP contribution in [0.4, 0.5) is 10.1 Å². The van der Waals surface area contributed by atoms with Gasteiger partial charge in [-0.1, -0.05) is 12.1 Å². The number of piperazine rings is 1. The number of halogens is 1. The maximum Gasteiger partial charge on any atom is 0.242 e. The van der Waals surface area contributed by atoms with Gasteiger partial charge in [-0.3, -0.25) is 4.79 Å². The minimum atomic E-state index is -0.369. The monoisotopic (exact) mass is 237 g/mol. The molecule has 0 radical (unpaired) electrons. The van der Waals surface area contributed by atoms with Crippen molar-refractivity contribution in [1.29, 1.82) is 0 Å². The summed E-state index contributed by atoms with van der Waals surface area (Å²) in [6.07, 6.45) is 0. The Morgan fingerprint density at radius 1 is 1.59 bits per heavy atom. The molecule has 4 nitrogen and oxygen atoms in total. The van der Waals surface area contributed by atoms with Gasteiger partial charge in [0.05, 0.1) is 5.69 Å². The van der Waals surface area contributed by atoms with Gasteiger partial charge in [-0.15, -0.1) is 0 Å². The third-order valence-corrected chi connectivity index (χ3v) is 3.08. The van der Waals surface area contributed by atoms with Crippen molar-refractivity contribution < 1.29 is 9.18 Å². The summed E-state index contributed by atoms with van der Waals surface area (Å²) in [5, 5.41) is 2.75. The van der Waals surface area contributed by atoms with E-state index in [1.807, 2.05) is 0 Å². The molecule has 3 N–H and O–H groups in total. The Balaban J connectivity index is 2.41. The minimum Gasteiger partial charge on any atom is -0.355 e. The molecule has 2 rings (SSSR count). The molecule has 1 atom stereocenters. The number of rotatable bonds is 2. The van der Waals surface area contributed by atoms with Crippen LogP contribution in [0, 0.1) is 5.82 Å². The molecule has 92 valence electrons. The van der Waals surface area contributed by atoms with Crippen LogP contribution in [0.1, 0.15) is 12.5 Å². The van der Waals surface area contributed by atoms with Gasteiger partial charge < -0.3 is 16.0 Å². The second-order valence-electron chi connectivity index (χ2n) is 4.11. The zero-order valence-electron chi connectivity index (χ0n) is 9.74. The van der Waals surface area contributed by atoms with E-state index in [1.165, 1.54) is 6.07 Å². The van der Waals surface area contributed by atoms with E-state index in [0.717, 1.165) is 5.56 Å². The van der Waals surface area contributed by atoms with Crippen molar-refractivity contribution in [1.82, 2.24) is 5.32 Å². The van der Waals surface area contributed by atoms with E-state index in [1.54, 1.807) is 24.0 Å². The van der Waals surface area contributed by atoms with Gasteiger partial charge in [-0.05, 0) is 18.6 Å². The number of anilines is 1. The lowest BCUT2D eigenvalue weighted by atomic mass is 10.1. The molecule has 17 heavy (non-hydrogen) atoms. The molecule has 1 unspecified atom stereocenters. The lowest BCUT2D eigenvalue weighted by Gasteiger charge is -2.36. The summed E-state index contributed by atoms with van der Waals surface area (Å²) in [6, 6.07) is 4.45. The molecule has 1 fully saturated rings. The van der Waals surface area contributed by atoms with Crippen LogP contribution in [-0.4, -0.2) is 25.0 Å². The van der Waals surface area contributed by atoms with Crippen LogP contribution in [-0.2, 0) is 11.3 Å². The van der Waals surface area contributed by atoms with Crippen molar-refractivity contribution in [2.45, 2.75) is 19.5 Å². The zero-order chi connectivity index (χ0) is 12.4. The lowest BCUT2D eigenvalue weighted by molar-refractivity contribution is -0.122. The molecule has 1 aromatic carbocycles. The molecule has 0 aliphatic carbocycles. The average molecular weight is 237 g/mol. The molecule has 1 aliphatic rings. The number of carbonyl (C=O) groups is 1. The largest absolute Gasteiger partial charge is 0.355 e. The SMILES string of the molecule is CC1C(=O)NCCN1c1c(F)cccc1CN. The number of amides is 1. The second kappa shape index (κ2) is 4.71. The Morgan fingerprint density at radius 3 is 3.06 bits per heavy atom. The number of benzene rings is 1. The minimum absolute atomic E-state index is 0.0810. The molecule has 1 aromatic rings. The molecule has 5 heteroatoms. The van der Waals surface area contributed by atoms with Crippen molar-refractivity contribution in [3.8, 4) is 0 Å². The molecular weight excluding hydrogens is 221 g/mol. The van der Waals surface area contributed by atoms with Gasteiger partial charge in [-0.2, -0.15) is 0 Å². The van der Waals surface area contributed by atoms with Gasteiger partial charge in [0, 0.05) is 19.6 Å². The van der Waals surface area contributed by atoms with E-state index < -0.39 is 0 Å². The van der Waals surface area contributed by atoms with E-state index in [4.69, 9.17) is 5.73 Å². The quantitative estimate of drug-likeness (QED) is 0.792. The third kappa shape index (κ3) is 2.10. The first kappa shape index (κ1) is 11.9. The molecule has 0 spiro atoms. The normalized spacial score (nSPS) is 20.3. The summed E-state index contributed by atoms with van der Waals surface area (Å²) in [7, 11) is 0. The molecule has 1 heterocycles. The van der Waals surface area contributed by atoms with E-state index >= 15 is 0 Å². The van der Waals surface area contributed by atoms with Gasteiger partial charge >= 0.3 is 0 Å². The van der Waals surface area contributed by atoms with Crippen molar-refractivity contribution in [2.75, 3.05) is 18.0 Å². The van der Waals surface area contributed by atoms with E-state index in [9.17, 15) is 9.18 Å². The number of nitrogens with zero attached hydrogens (tertiary/aromatic N) is 1. The number of nitrogens with two attached hydrogens (primary N) is 1. The Bertz CT molecular complexity index is 436. The van der Waals surface area contributed by atoms with Gasteiger partial charge in [0.15, 0.2) is 0 Å². The number of para-hydroxylation sites is 1. The summed E-state index contributed by atoms with van der Waals surface area (Å²) in [4.78, 5) is 13.4. The fraction of sp³-hybridized carbons (Fsp3) is 0.417. The Morgan fingerprint density at radius 2 is 2.35 bits per heavy atom. The first-order chi connectivity index (χ1) is 8.15. The maximum absolute atomic E-state index is 13.9. The highest BCUT2D eigenvalue weighted by Crippen LogP contribution is 2.26. The highest BCUT2D eigenvalue weighted by molar-refractivity contribution is 5.86. The van der Waals surface area contributed by atoms with Crippen LogP contribution >= 0.6 is 0 Å². The van der Waals surface area contributed by atoms with Crippen molar-refractivity contribution in [3.63, 3.8) is 0 Å². The maximum atomic E-state index is 13.9.